The standard InChI is InChI=1S/C12H10N2O2S2/c1-9-2-4-10(5-3-9)18(15,16)11-12-14(8-13-11)6-7-17-12/h2-8H,1H3. The lowest BCUT2D eigenvalue weighted by Crippen LogP contribution is -2.02. The van der Waals surface area contributed by atoms with Gasteiger partial charge in [0, 0.05) is 11.6 Å². The molecular formula is C12H10N2O2S2. The number of imidazole rings is 1. The molecule has 0 fully saturated rings. The largest absolute Gasteiger partial charge is 0.296 e. The summed E-state index contributed by atoms with van der Waals surface area (Å²) in [4.78, 5) is 4.94. The van der Waals surface area contributed by atoms with Crippen LogP contribution in [0.3, 0.4) is 0 Å². The summed E-state index contributed by atoms with van der Waals surface area (Å²) >= 11 is 1.37. The first kappa shape index (κ1) is 11.4. The van der Waals surface area contributed by atoms with Crippen LogP contribution < -0.4 is 0 Å². The molecule has 0 saturated carbocycles. The van der Waals surface area contributed by atoms with Gasteiger partial charge in [-0.2, -0.15) is 0 Å². The summed E-state index contributed by atoms with van der Waals surface area (Å²) in [5.74, 6) is 0. The van der Waals surface area contributed by atoms with Gasteiger partial charge in [0.1, 0.15) is 11.2 Å². The van der Waals surface area contributed by atoms with Gasteiger partial charge in [0.2, 0.25) is 9.84 Å². The molecule has 0 aliphatic carbocycles. The maximum Gasteiger partial charge on any atom is 0.226 e. The van der Waals surface area contributed by atoms with Gasteiger partial charge in [0.15, 0.2) is 5.03 Å². The molecule has 3 rings (SSSR count). The minimum atomic E-state index is -3.53. The summed E-state index contributed by atoms with van der Waals surface area (Å²) in [5, 5.41) is 1.96. The Morgan fingerprint density at radius 3 is 2.67 bits per heavy atom. The summed E-state index contributed by atoms with van der Waals surface area (Å²) in [6.07, 6.45) is 3.31. The number of rotatable bonds is 2. The Morgan fingerprint density at radius 1 is 1.22 bits per heavy atom. The first-order valence-electron chi connectivity index (χ1n) is 5.31. The van der Waals surface area contributed by atoms with Crippen molar-refractivity contribution in [3.05, 3.63) is 47.7 Å². The van der Waals surface area contributed by atoms with E-state index >= 15 is 0 Å². The first-order chi connectivity index (χ1) is 8.59. The Bertz CT molecular complexity index is 798. The summed E-state index contributed by atoms with van der Waals surface area (Å²) in [5.41, 5.74) is 1.03. The van der Waals surface area contributed by atoms with Crippen molar-refractivity contribution in [2.75, 3.05) is 0 Å². The van der Waals surface area contributed by atoms with E-state index < -0.39 is 9.84 Å². The van der Waals surface area contributed by atoms with Crippen molar-refractivity contribution in [3.63, 3.8) is 0 Å². The zero-order valence-corrected chi connectivity index (χ0v) is 11.2. The van der Waals surface area contributed by atoms with Crippen LogP contribution in [0.4, 0.5) is 0 Å². The number of aromatic nitrogens is 2. The van der Waals surface area contributed by atoms with Crippen LogP contribution in [0.5, 0.6) is 0 Å². The number of fused-ring (bicyclic) bond motifs is 1. The van der Waals surface area contributed by atoms with E-state index in [0.717, 1.165) is 5.56 Å². The van der Waals surface area contributed by atoms with Gasteiger partial charge >= 0.3 is 0 Å². The molecule has 0 amide bonds. The Morgan fingerprint density at radius 2 is 1.94 bits per heavy atom. The molecule has 0 N–H and O–H groups in total. The van der Waals surface area contributed by atoms with Crippen molar-refractivity contribution in [2.24, 2.45) is 0 Å². The quantitative estimate of drug-likeness (QED) is 0.724. The van der Waals surface area contributed by atoms with Gasteiger partial charge in [-0.3, -0.25) is 4.40 Å². The van der Waals surface area contributed by atoms with Crippen LogP contribution in [0.15, 0.2) is 52.1 Å². The lowest BCUT2D eigenvalue weighted by molar-refractivity contribution is 0.594. The highest BCUT2D eigenvalue weighted by Gasteiger charge is 2.23. The second kappa shape index (κ2) is 3.93. The molecule has 4 nitrogen and oxygen atoms in total. The topological polar surface area (TPSA) is 51.4 Å². The normalized spacial score (nSPS) is 12.1. The SMILES string of the molecule is Cc1ccc(S(=O)(=O)c2ncn3ccsc23)cc1. The number of aryl methyl sites for hydroxylation is 1. The van der Waals surface area contributed by atoms with E-state index in [4.69, 9.17) is 0 Å². The van der Waals surface area contributed by atoms with Gasteiger partial charge < -0.3 is 0 Å². The van der Waals surface area contributed by atoms with E-state index in [9.17, 15) is 8.42 Å². The number of hydrogen-bond acceptors (Lipinski definition) is 4. The minimum Gasteiger partial charge on any atom is -0.296 e. The van der Waals surface area contributed by atoms with Crippen molar-refractivity contribution < 1.29 is 8.42 Å². The molecule has 0 bridgehead atoms. The molecule has 0 aliphatic heterocycles. The highest BCUT2D eigenvalue weighted by Crippen LogP contribution is 2.26. The van der Waals surface area contributed by atoms with Crippen molar-refractivity contribution in [1.29, 1.82) is 0 Å². The predicted molar refractivity (Wildman–Crippen MR) is 69.7 cm³/mol. The maximum absolute atomic E-state index is 12.4. The van der Waals surface area contributed by atoms with Crippen LogP contribution in [0.25, 0.3) is 4.83 Å². The average Bonchev–Trinajstić information content (AvgIpc) is 2.90. The van der Waals surface area contributed by atoms with E-state index in [1.807, 2.05) is 12.3 Å². The molecule has 1 aromatic carbocycles. The molecule has 92 valence electrons. The molecular weight excluding hydrogens is 268 g/mol. The van der Waals surface area contributed by atoms with Gasteiger partial charge in [0.05, 0.1) is 4.90 Å². The summed E-state index contributed by atoms with van der Waals surface area (Å²) < 4.78 is 26.6. The summed E-state index contributed by atoms with van der Waals surface area (Å²) in [6.45, 7) is 1.92. The van der Waals surface area contributed by atoms with Crippen LogP contribution in [-0.2, 0) is 9.84 Å². The molecule has 2 aromatic heterocycles. The lowest BCUT2D eigenvalue weighted by atomic mass is 10.2. The van der Waals surface area contributed by atoms with Crippen LogP contribution in [-0.4, -0.2) is 17.8 Å². The van der Waals surface area contributed by atoms with Crippen molar-refractivity contribution >= 4 is 26.0 Å². The monoisotopic (exact) mass is 278 g/mol. The Balaban J connectivity index is 2.21. The van der Waals surface area contributed by atoms with Crippen molar-refractivity contribution in [3.8, 4) is 0 Å². The fourth-order valence-corrected chi connectivity index (χ4v) is 4.14. The van der Waals surface area contributed by atoms with E-state index in [0.29, 0.717) is 4.83 Å². The lowest BCUT2D eigenvalue weighted by Gasteiger charge is -2.01. The van der Waals surface area contributed by atoms with Crippen molar-refractivity contribution in [1.82, 2.24) is 9.38 Å². The molecule has 18 heavy (non-hydrogen) atoms. The molecule has 0 unspecified atom stereocenters. The fourth-order valence-electron chi connectivity index (χ4n) is 1.72. The maximum atomic E-state index is 12.4. The van der Waals surface area contributed by atoms with E-state index in [2.05, 4.69) is 4.98 Å². The Kier molecular flexibility index (Phi) is 2.49. The fraction of sp³-hybridized carbons (Fsp3) is 0.0833. The van der Waals surface area contributed by atoms with Crippen LogP contribution in [0.2, 0.25) is 0 Å². The second-order valence-corrected chi connectivity index (χ2v) is 6.74. The number of thiazole rings is 1. The van der Waals surface area contributed by atoms with Crippen LogP contribution in [0, 0.1) is 6.92 Å². The second-order valence-electron chi connectivity index (χ2n) is 3.98. The average molecular weight is 278 g/mol. The zero-order valence-electron chi connectivity index (χ0n) is 9.57. The summed E-state index contributed by atoms with van der Waals surface area (Å²) in [7, 11) is -3.53. The zero-order chi connectivity index (χ0) is 12.8. The number of sulfone groups is 1. The predicted octanol–water partition coefficient (Wildman–Crippen LogP) is 2.54. The third-order valence-electron chi connectivity index (χ3n) is 2.70. The first-order valence-corrected chi connectivity index (χ1v) is 7.67. The molecule has 6 heteroatoms. The number of nitrogens with zero attached hydrogens (tertiary/aromatic N) is 2. The van der Waals surface area contributed by atoms with Crippen molar-refractivity contribution in [2.45, 2.75) is 16.8 Å². The van der Waals surface area contributed by atoms with Gasteiger partial charge in [0.25, 0.3) is 0 Å². The molecule has 2 heterocycles. The summed E-state index contributed by atoms with van der Waals surface area (Å²) in [6, 6.07) is 6.80. The molecule has 0 aliphatic rings. The number of benzene rings is 1. The third kappa shape index (κ3) is 1.65. The third-order valence-corrected chi connectivity index (χ3v) is 5.42. The van der Waals surface area contributed by atoms with Gasteiger partial charge in [-0.15, -0.1) is 11.3 Å². The highest BCUT2D eigenvalue weighted by atomic mass is 32.2. The van der Waals surface area contributed by atoms with E-state index in [1.165, 1.54) is 17.7 Å². The highest BCUT2D eigenvalue weighted by molar-refractivity contribution is 7.91. The van der Waals surface area contributed by atoms with Crippen LogP contribution in [0.1, 0.15) is 5.56 Å². The molecule has 0 atom stereocenters. The van der Waals surface area contributed by atoms with Gasteiger partial charge in [-0.05, 0) is 19.1 Å². The molecule has 0 saturated heterocycles. The Labute approximate surface area is 108 Å². The van der Waals surface area contributed by atoms with E-state index in [1.54, 1.807) is 34.9 Å². The molecule has 0 radical (unpaired) electrons. The van der Waals surface area contributed by atoms with Gasteiger partial charge in [-0.1, -0.05) is 17.7 Å². The Hall–Kier alpha value is -1.66. The van der Waals surface area contributed by atoms with E-state index in [-0.39, 0.29) is 9.92 Å². The number of hydrogen-bond donors (Lipinski definition) is 0. The smallest absolute Gasteiger partial charge is 0.226 e. The van der Waals surface area contributed by atoms with Gasteiger partial charge in [-0.25, -0.2) is 13.4 Å². The van der Waals surface area contributed by atoms with Crippen LogP contribution >= 0.6 is 11.3 Å². The molecule has 0 spiro atoms. The molecule has 3 aromatic rings. The minimum absolute atomic E-state index is 0.126.